The molecule has 1 aromatic rings. The van der Waals surface area contributed by atoms with Crippen LogP contribution in [0.15, 0.2) is 28.7 Å². The average molecular weight is 311 g/mol. The van der Waals surface area contributed by atoms with E-state index in [0.29, 0.717) is 5.92 Å². The molecule has 1 unspecified atom stereocenters. The number of hydrogen-bond acceptors (Lipinski definition) is 2. The van der Waals surface area contributed by atoms with E-state index in [0.717, 1.165) is 19.5 Å². The van der Waals surface area contributed by atoms with Gasteiger partial charge in [0.1, 0.15) is 0 Å². The number of anilines is 1. The van der Waals surface area contributed by atoms with Crippen LogP contribution in [0.25, 0.3) is 0 Å². The van der Waals surface area contributed by atoms with Crippen molar-refractivity contribution in [3.63, 3.8) is 0 Å². The number of para-hydroxylation sites is 1. The molecule has 100 valence electrons. The molecule has 1 saturated heterocycles. The lowest BCUT2D eigenvalue weighted by atomic mass is 9.77. The van der Waals surface area contributed by atoms with Crippen molar-refractivity contribution in [3.05, 3.63) is 28.7 Å². The smallest absolute Gasteiger partial charge is 0.0515 e. The van der Waals surface area contributed by atoms with Gasteiger partial charge in [0.15, 0.2) is 0 Å². The Balaban J connectivity index is 2.29. The molecular weight excluding hydrogens is 288 g/mol. The fourth-order valence-corrected chi connectivity index (χ4v) is 3.66. The van der Waals surface area contributed by atoms with E-state index < -0.39 is 0 Å². The number of benzene rings is 1. The van der Waals surface area contributed by atoms with E-state index >= 15 is 0 Å². The van der Waals surface area contributed by atoms with E-state index in [1.807, 2.05) is 0 Å². The van der Waals surface area contributed by atoms with Crippen molar-refractivity contribution in [1.82, 2.24) is 0 Å². The van der Waals surface area contributed by atoms with Crippen LogP contribution in [0.5, 0.6) is 0 Å². The van der Waals surface area contributed by atoms with E-state index in [4.69, 9.17) is 5.73 Å². The highest BCUT2D eigenvalue weighted by Crippen LogP contribution is 2.40. The van der Waals surface area contributed by atoms with Gasteiger partial charge >= 0.3 is 0 Å². The van der Waals surface area contributed by atoms with Crippen LogP contribution in [0.3, 0.4) is 0 Å². The Hall–Kier alpha value is -0.540. The number of nitrogens with zero attached hydrogens (tertiary/aromatic N) is 1. The largest absolute Gasteiger partial charge is 0.365 e. The maximum Gasteiger partial charge on any atom is 0.0515 e. The summed E-state index contributed by atoms with van der Waals surface area (Å²) < 4.78 is 1.19. The molecule has 2 nitrogen and oxygen atoms in total. The first-order chi connectivity index (χ1) is 8.57. The Kier molecular flexibility index (Phi) is 4.33. The van der Waals surface area contributed by atoms with Gasteiger partial charge in [-0.25, -0.2) is 0 Å². The van der Waals surface area contributed by atoms with Crippen LogP contribution < -0.4 is 10.6 Å². The molecular formula is C15H23BrN2. The molecule has 2 N–H and O–H groups in total. The summed E-state index contributed by atoms with van der Waals surface area (Å²) in [5.74, 6) is 0.684. The molecule has 0 aliphatic carbocycles. The molecule has 1 fully saturated rings. The molecule has 2 rings (SSSR count). The minimum absolute atomic E-state index is 0.182. The summed E-state index contributed by atoms with van der Waals surface area (Å²) in [6, 6.07) is 8.51. The molecule has 0 amide bonds. The number of nitrogens with two attached hydrogens (primary N) is 1. The zero-order chi connectivity index (χ0) is 13.2. The Morgan fingerprint density at radius 2 is 2.11 bits per heavy atom. The summed E-state index contributed by atoms with van der Waals surface area (Å²) in [5.41, 5.74) is 7.26. The van der Waals surface area contributed by atoms with Crippen LogP contribution in [0, 0.1) is 5.92 Å². The zero-order valence-corrected chi connectivity index (χ0v) is 12.9. The van der Waals surface area contributed by atoms with Crippen LogP contribution in [0.1, 0.15) is 33.1 Å². The molecule has 1 aromatic carbocycles. The molecule has 1 heterocycles. The SMILES string of the molecule is CC1(C)C(CCN)CCCN1c1ccccc1Br. The summed E-state index contributed by atoms with van der Waals surface area (Å²) >= 11 is 3.68. The molecule has 3 heteroatoms. The van der Waals surface area contributed by atoms with E-state index in [9.17, 15) is 0 Å². The minimum Gasteiger partial charge on any atom is -0.365 e. The molecule has 1 aliphatic heterocycles. The predicted molar refractivity (Wildman–Crippen MR) is 82.0 cm³/mol. The second-order valence-corrected chi connectivity index (χ2v) is 6.53. The van der Waals surface area contributed by atoms with E-state index in [2.05, 4.69) is 58.9 Å². The predicted octanol–water partition coefficient (Wildman–Crippen LogP) is 3.79. The van der Waals surface area contributed by atoms with E-state index in [-0.39, 0.29) is 5.54 Å². The van der Waals surface area contributed by atoms with Crippen LogP contribution in [-0.4, -0.2) is 18.6 Å². The number of piperidine rings is 1. The van der Waals surface area contributed by atoms with Gasteiger partial charge < -0.3 is 10.6 Å². The molecule has 1 atom stereocenters. The quantitative estimate of drug-likeness (QED) is 0.920. The van der Waals surface area contributed by atoms with Gasteiger partial charge in [0.2, 0.25) is 0 Å². The molecule has 18 heavy (non-hydrogen) atoms. The highest BCUT2D eigenvalue weighted by Gasteiger charge is 2.38. The fourth-order valence-electron chi connectivity index (χ4n) is 3.16. The summed E-state index contributed by atoms with van der Waals surface area (Å²) in [4.78, 5) is 2.54. The van der Waals surface area contributed by atoms with Crippen LogP contribution in [-0.2, 0) is 0 Å². The lowest BCUT2D eigenvalue weighted by molar-refractivity contribution is 0.227. The third-order valence-electron chi connectivity index (χ3n) is 4.29. The van der Waals surface area contributed by atoms with Crippen molar-refractivity contribution in [3.8, 4) is 0 Å². The Bertz CT molecular complexity index is 401. The van der Waals surface area contributed by atoms with Gasteiger partial charge in [-0.3, -0.25) is 0 Å². The minimum atomic E-state index is 0.182. The van der Waals surface area contributed by atoms with Gasteiger partial charge in [-0.1, -0.05) is 12.1 Å². The Labute approximate surface area is 119 Å². The third kappa shape index (κ3) is 2.57. The average Bonchev–Trinajstić information content (AvgIpc) is 2.33. The zero-order valence-electron chi connectivity index (χ0n) is 11.3. The van der Waals surface area contributed by atoms with E-state index in [1.54, 1.807) is 0 Å². The molecule has 1 aliphatic rings. The number of rotatable bonds is 3. The monoisotopic (exact) mass is 310 g/mol. The van der Waals surface area contributed by atoms with Crippen molar-refractivity contribution in [2.24, 2.45) is 11.7 Å². The molecule has 0 bridgehead atoms. The second kappa shape index (κ2) is 5.62. The van der Waals surface area contributed by atoms with Gasteiger partial charge in [0.25, 0.3) is 0 Å². The first kappa shape index (κ1) is 13.9. The van der Waals surface area contributed by atoms with Crippen LogP contribution in [0.4, 0.5) is 5.69 Å². The summed E-state index contributed by atoms with van der Waals surface area (Å²) in [7, 11) is 0. The van der Waals surface area contributed by atoms with Gasteiger partial charge in [-0.15, -0.1) is 0 Å². The maximum atomic E-state index is 5.77. The lowest BCUT2D eigenvalue weighted by Crippen LogP contribution is -2.54. The topological polar surface area (TPSA) is 29.3 Å². The Morgan fingerprint density at radius 1 is 1.39 bits per heavy atom. The van der Waals surface area contributed by atoms with E-state index in [1.165, 1.54) is 23.0 Å². The standard InChI is InChI=1S/C15H23BrN2/c1-15(2)12(9-10-17)6-5-11-18(15)14-8-4-3-7-13(14)16/h3-4,7-8,12H,5-6,9-11,17H2,1-2H3. The lowest BCUT2D eigenvalue weighted by Gasteiger charge is -2.50. The summed E-state index contributed by atoms with van der Waals surface area (Å²) in [6.45, 7) is 6.63. The normalized spacial score (nSPS) is 23.1. The van der Waals surface area contributed by atoms with Gasteiger partial charge in [0, 0.05) is 16.6 Å². The third-order valence-corrected chi connectivity index (χ3v) is 4.96. The van der Waals surface area contributed by atoms with Crippen LogP contribution in [0.2, 0.25) is 0 Å². The number of hydrogen-bond donors (Lipinski definition) is 1. The molecule has 0 aromatic heterocycles. The summed E-state index contributed by atoms with van der Waals surface area (Å²) in [6.07, 6.45) is 3.68. The van der Waals surface area contributed by atoms with Crippen molar-refractivity contribution < 1.29 is 0 Å². The highest BCUT2D eigenvalue weighted by atomic mass is 79.9. The Morgan fingerprint density at radius 3 is 2.78 bits per heavy atom. The molecule has 0 radical (unpaired) electrons. The molecule has 0 saturated carbocycles. The van der Waals surface area contributed by atoms with Crippen LogP contribution >= 0.6 is 15.9 Å². The number of halogens is 1. The first-order valence-corrected chi connectivity index (χ1v) is 7.59. The van der Waals surface area contributed by atoms with Gasteiger partial charge in [0.05, 0.1) is 5.69 Å². The fraction of sp³-hybridized carbons (Fsp3) is 0.600. The summed E-state index contributed by atoms with van der Waals surface area (Å²) in [5, 5.41) is 0. The van der Waals surface area contributed by atoms with Crippen molar-refractivity contribution in [2.45, 2.75) is 38.6 Å². The highest BCUT2D eigenvalue weighted by molar-refractivity contribution is 9.10. The second-order valence-electron chi connectivity index (χ2n) is 5.67. The first-order valence-electron chi connectivity index (χ1n) is 6.79. The van der Waals surface area contributed by atoms with Gasteiger partial charge in [-0.05, 0) is 73.6 Å². The van der Waals surface area contributed by atoms with Crippen molar-refractivity contribution in [1.29, 1.82) is 0 Å². The van der Waals surface area contributed by atoms with Crippen molar-refractivity contribution in [2.75, 3.05) is 18.0 Å². The molecule has 0 spiro atoms. The van der Waals surface area contributed by atoms with Crippen molar-refractivity contribution >= 4 is 21.6 Å². The maximum absolute atomic E-state index is 5.77. The van der Waals surface area contributed by atoms with Gasteiger partial charge in [-0.2, -0.15) is 0 Å².